The Morgan fingerprint density at radius 3 is 2.45 bits per heavy atom. The molecule has 1 N–H and O–H groups in total. The number of aryl methyl sites for hydroxylation is 2. The molecule has 0 unspecified atom stereocenters. The van der Waals surface area contributed by atoms with E-state index in [1.165, 1.54) is 5.56 Å². The highest BCUT2D eigenvalue weighted by molar-refractivity contribution is 5.88. The van der Waals surface area contributed by atoms with E-state index in [9.17, 15) is 9.59 Å². The fraction of sp³-hybridized carbons (Fsp3) is 0.462. The summed E-state index contributed by atoms with van der Waals surface area (Å²) in [6.45, 7) is 6.26. The molecule has 2 amide bonds. The number of carbonyl (C=O) groups excluding carboxylic acids is 2. The standard InChI is InChI=1S/C26H34N2O3/c1-19-13-14-24(17-20(19)2)31-18-25(29)28(16-15-22-9-5-4-6-10-22)21(3)26(30)27-23-11-7-8-12-23/h4-6,9-10,13-14,17,21,23H,7-8,11-12,15-16,18H2,1-3H3,(H,27,30)/t21-/m0/s1. The Kier molecular flexibility index (Phi) is 8.10. The molecular formula is C26H34N2O3. The molecule has 0 saturated heterocycles. The second-order valence-electron chi connectivity index (χ2n) is 8.52. The molecule has 5 nitrogen and oxygen atoms in total. The van der Waals surface area contributed by atoms with Gasteiger partial charge in [0.2, 0.25) is 5.91 Å². The Morgan fingerprint density at radius 1 is 1.06 bits per heavy atom. The average Bonchev–Trinajstić information content (AvgIpc) is 3.28. The summed E-state index contributed by atoms with van der Waals surface area (Å²) < 4.78 is 5.78. The van der Waals surface area contributed by atoms with Crippen molar-refractivity contribution in [1.29, 1.82) is 0 Å². The lowest BCUT2D eigenvalue weighted by molar-refractivity contribution is -0.141. The van der Waals surface area contributed by atoms with E-state index >= 15 is 0 Å². The number of hydrogen-bond acceptors (Lipinski definition) is 3. The van der Waals surface area contributed by atoms with Gasteiger partial charge in [0.25, 0.3) is 5.91 Å². The van der Waals surface area contributed by atoms with Crippen molar-refractivity contribution in [3.63, 3.8) is 0 Å². The third kappa shape index (κ3) is 6.58. The highest BCUT2D eigenvalue weighted by Crippen LogP contribution is 2.19. The molecule has 1 aliphatic rings. The van der Waals surface area contributed by atoms with Gasteiger partial charge in [-0.2, -0.15) is 0 Å². The van der Waals surface area contributed by atoms with E-state index in [4.69, 9.17) is 4.74 Å². The van der Waals surface area contributed by atoms with Gasteiger partial charge >= 0.3 is 0 Å². The van der Waals surface area contributed by atoms with Crippen molar-refractivity contribution in [2.75, 3.05) is 13.2 Å². The SMILES string of the molecule is Cc1ccc(OCC(=O)N(CCc2ccccc2)[C@@H](C)C(=O)NC2CCCC2)cc1C. The lowest BCUT2D eigenvalue weighted by atomic mass is 10.1. The first kappa shape index (κ1) is 22.9. The summed E-state index contributed by atoms with van der Waals surface area (Å²) in [6.07, 6.45) is 5.04. The number of nitrogens with zero attached hydrogens (tertiary/aromatic N) is 1. The molecule has 0 aliphatic heterocycles. The van der Waals surface area contributed by atoms with Crippen molar-refractivity contribution in [3.8, 4) is 5.75 Å². The van der Waals surface area contributed by atoms with Gasteiger partial charge in [0.15, 0.2) is 6.61 Å². The normalized spacial score (nSPS) is 14.8. The lowest BCUT2D eigenvalue weighted by Crippen LogP contribution is -2.51. The smallest absolute Gasteiger partial charge is 0.261 e. The van der Waals surface area contributed by atoms with Crippen LogP contribution in [0.4, 0.5) is 0 Å². The number of ether oxygens (including phenoxy) is 1. The maximum Gasteiger partial charge on any atom is 0.261 e. The highest BCUT2D eigenvalue weighted by atomic mass is 16.5. The van der Waals surface area contributed by atoms with Crippen molar-refractivity contribution < 1.29 is 14.3 Å². The monoisotopic (exact) mass is 422 g/mol. The van der Waals surface area contributed by atoms with Gasteiger partial charge in [-0.05, 0) is 68.9 Å². The first-order valence-electron chi connectivity index (χ1n) is 11.3. The van der Waals surface area contributed by atoms with Crippen LogP contribution in [0.25, 0.3) is 0 Å². The predicted octanol–water partition coefficient (Wildman–Crippen LogP) is 4.20. The summed E-state index contributed by atoms with van der Waals surface area (Å²) in [6, 6.07) is 15.5. The van der Waals surface area contributed by atoms with Gasteiger partial charge in [0, 0.05) is 12.6 Å². The van der Waals surface area contributed by atoms with Gasteiger partial charge in [-0.15, -0.1) is 0 Å². The largest absolute Gasteiger partial charge is 0.484 e. The fourth-order valence-electron chi connectivity index (χ4n) is 3.99. The van der Waals surface area contributed by atoms with Crippen LogP contribution < -0.4 is 10.1 Å². The van der Waals surface area contributed by atoms with Gasteiger partial charge < -0.3 is 15.0 Å². The first-order chi connectivity index (χ1) is 14.9. The topological polar surface area (TPSA) is 58.6 Å². The van der Waals surface area contributed by atoms with Crippen LogP contribution in [0.5, 0.6) is 5.75 Å². The summed E-state index contributed by atoms with van der Waals surface area (Å²) >= 11 is 0. The van der Waals surface area contributed by atoms with Crippen LogP contribution in [0.3, 0.4) is 0 Å². The van der Waals surface area contributed by atoms with E-state index in [2.05, 4.69) is 5.32 Å². The second-order valence-corrected chi connectivity index (χ2v) is 8.52. The lowest BCUT2D eigenvalue weighted by Gasteiger charge is -2.29. The first-order valence-corrected chi connectivity index (χ1v) is 11.3. The molecule has 0 bridgehead atoms. The molecule has 2 aromatic rings. The van der Waals surface area contributed by atoms with Crippen LogP contribution >= 0.6 is 0 Å². The Bertz CT molecular complexity index is 875. The molecule has 3 rings (SSSR count). The average molecular weight is 423 g/mol. The number of carbonyl (C=O) groups is 2. The summed E-state index contributed by atoms with van der Waals surface area (Å²) in [5.41, 5.74) is 3.44. The van der Waals surface area contributed by atoms with Crippen molar-refractivity contribution in [2.24, 2.45) is 0 Å². The molecule has 0 spiro atoms. The third-order valence-electron chi connectivity index (χ3n) is 6.19. The van der Waals surface area contributed by atoms with Crippen molar-refractivity contribution in [2.45, 2.75) is 65.0 Å². The molecule has 0 aromatic heterocycles. The Morgan fingerprint density at radius 2 is 1.77 bits per heavy atom. The second kappa shape index (κ2) is 11.0. The minimum Gasteiger partial charge on any atom is -0.484 e. The van der Waals surface area contributed by atoms with E-state index in [0.29, 0.717) is 18.7 Å². The Balaban J connectivity index is 1.65. The van der Waals surface area contributed by atoms with E-state index < -0.39 is 6.04 Å². The van der Waals surface area contributed by atoms with Gasteiger partial charge in [-0.1, -0.05) is 49.2 Å². The Hall–Kier alpha value is -2.82. The van der Waals surface area contributed by atoms with Crippen LogP contribution in [-0.2, 0) is 16.0 Å². The summed E-state index contributed by atoms with van der Waals surface area (Å²) in [4.78, 5) is 27.6. The molecule has 1 saturated carbocycles. The van der Waals surface area contributed by atoms with E-state index in [-0.39, 0.29) is 24.5 Å². The van der Waals surface area contributed by atoms with E-state index in [0.717, 1.165) is 36.8 Å². The summed E-state index contributed by atoms with van der Waals surface area (Å²) in [5, 5.41) is 3.13. The van der Waals surface area contributed by atoms with Gasteiger partial charge in [-0.3, -0.25) is 9.59 Å². The zero-order valence-electron chi connectivity index (χ0n) is 18.9. The quantitative estimate of drug-likeness (QED) is 0.659. The molecule has 31 heavy (non-hydrogen) atoms. The zero-order valence-corrected chi connectivity index (χ0v) is 18.9. The minimum atomic E-state index is -0.542. The third-order valence-corrected chi connectivity index (χ3v) is 6.19. The van der Waals surface area contributed by atoms with E-state index in [1.54, 1.807) is 4.90 Å². The van der Waals surface area contributed by atoms with Crippen LogP contribution in [-0.4, -0.2) is 41.9 Å². The highest BCUT2D eigenvalue weighted by Gasteiger charge is 2.28. The maximum atomic E-state index is 13.1. The van der Waals surface area contributed by atoms with E-state index in [1.807, 2.05) is 69.3 Å². The molecular weight excluding hydrogens is 388 g/mol. The fourth-order valence-corrected chi connectivity index (χ4v) is 3.99. The maximum absolute atomic E-state index is 13.1. The molecule has 0 radical (unpaired) electrons. The zero-order chi connectivity index (χ0) is 22.2. The number of hydrogen-bond donors (Lipinski definition) is 1. The van der Waals surface area contributed by atoms with Crippen molar-refractivity contribution in [3.05, 3.63) is 65.2 Å². The number of rotatable bonds is 9. The molecule has 166 valence electrons. The van der Waals surface area contributed by atoms with Crippen LogP contribution in [0.15, 0.2) is 48.5 Å². The summed E-state index contributed by atoms with van der Waals surface area (Å²) in [7, 11) is 0. The molecule has 1 fully saturated rings. The van der Waals surface area contributed by atoms with Crippen molar-refractivity contribution in [1.82, 2.24) is 10.2 Å². The molecule has 2 aromatic carbocycles. The number of benzene rings is 2. The molecule has 0 heterocycles. The van der Waals surface area contributed by atoms with Gasteiger partial charge in [0.05, 0.1) is 0 Å². The van der Waals surface area contributed by atoms with Crippen LogP contribution in [0.1, 0.15) is 49.3 Å². The predicted molar refractivity (Wildman–Crippen MR) is 123 cm³/mol. The van der Waals surface area contributed by atoms with Crippen LogP contribution in [0.2, 0.25) is 0 Å². The molecule has 1 atom stereocenters. The minimum absolute atomic E-state index is 0.0838. The molecule has 1 aliphatic carbocycles. The van der Waals surface area contributed by atoms with Gasteiger partial charge in [-0.25, -0.2) is 0 Å². The van der Waals surface area contributed by atoms with Crippen molar-refractivity contribution >= 4 is 11.8 Å². The molecule has 5 heteroatoms. The van der Waals surface area contributed by atoms with Gasteiger partial charge in [0.1, 0.15) is 11.8 Å². The number of nitrogens with one attached hydrogen (secondary N) is 1. The van der Waals surface area contributed by atoms with Crippen LogP contribution in [0, 0.1) is 13.8 Å². The number of amides is 2. The Labute approximate surface area is 185 Å². The summed E-state index contributed by atoms with van der Waals surface area (Å²) in [5.74, 6) is 0.408.